The summed E-state index contributed by atoms with van der Waals surface area (Å²) in [7, 11) is 0. The molecule has 1 aromatic carbocycles. The number of amides is 1. The van der Waals surface area contributed by atoms with Crippen molar-refractivity contribution in [3.63, 3.8) is 0 Å². The van der Waals surface area contributed by atoms with Crippen LogP contribution in [0.25, 0.3) is 0 Å². The number of hydrogen-bond donors (Lipinski definition) is 1. The molecule has 0 radical (unpaired) electrons. The second-order valence-corrected chi connectivity index (χ2v) is 5.12. The number of carbonyl (C=O) groups excluding carboxylic acids is 1. The molecule has 0 fully saturated rings. The molecule has 116 valence electrons. The van der Waals surface area contributed by atoms with Crippen LogP contribution in [0, 0.1) is 6.92 Å². The molecule has 1 N–H and O–H groups in total. The Morgan fingerprint density at radius 3 is 2.77 bits per heavy atom. The van der Waals surface area contributed by atoms with Crippen LogP contribution >= 0.6 is 0 Å². The summed E-state index contributed by atoms with van der Waals surface area (Å²) in [4.78, 5) is 26.9. The Balaban J connectivity index is 1.80. The number of hydrogen-bond acceptors (Lipinski definition) is 4. The van der Waals surface area contributed by atoms with E-state index in [0.717, 1.165) is 11.3 Å². The number of benzene rings is 1. The molecule has 0 saturated carbocycles. The minimum atomic E-state index is -0.443. The summed E-state index contributed by atoms with van der Waals surface area (Å²) in [5.41, 5.74) is 0.719. The normalized spacial score (nSPS) is 11.7. The summed E-state index contributed by atoms with van der Waals surface area (Å²) in [6, 6.07) is 9.15. The van der Waals surface area contributed by atoms with Crippen LogP contribution in [0.15, 0.2) is 47.5 Å². The van der Waals surface area contributed by atoms with E-state index >= 15 is 0 Å². The Hall–Kier alpha value is -2.63. The van der Waals surface area contributed by atoms with Gasteiger partial charge >= 0.3 is 5.69 Å². The summed E-state index contributed by atoms with van der Waals surface area (Å²) < 4.78 is 6.85. The molecule has 1 amide bonds. The van der Waals surface area contributed by atoms with Gasteiger partial charge in [0.15, 0.2) is 0 Å². The summed E-state index contributed by atoms with van der Waals surface area (Å²) in [5.74, 6) is 0.505. The largest absolute Gasteiger partial charge is 0.491 e. The van der Waals surface area contributed by atoms with Crippen molar-refractivity contribution in [1.82, 2.24) is 14.9 Å². The van der Waals surface area contributed by atoms with Crippen molar-refractivity contribution in [3.05, 3.63) is 58.8 Å². The van der Waals surface area contributed by atoms with Gasteiger partial charge in [-0.25, -0.2) is 9.78 Å². The highest BCUT2D eigenvalue weighted by molar-refractivity contribution is 5.75. The van der Waals surface area contributed by atoms with Crippen molar-refractivity contribution in [3.8, 4) is 5.75 Å². The zero-order valence-corrected chi connectivity index (χ0v) is 12.7. The zero-order chi connectivity index (χ0) is 15.9. The minimum Gasteiger partial charge on any atom is -0.491 e. The quantitative estimate of drug-likeness (QED) is 0.868. The molecule has 1 atom stereocenters. The Kier molecular flexibility index (Phi) is 5.30. The lowest BCUT2D eigenvalue weighted by Gasteiger charge is -2.15. The second kappa shape index (κ2) is 7.40. The number of carbonyl (C=O) groups is 1. The molecule has 0 unspecified atom stereocenters. The van der Waals surface area contributed by atoms with Crippen LogP contribution in [0.3, 0.4) is 0 Å². The van der Waals surface area contributed by atoms with Crippen LogP contribution in [0.1, 0.15) is 12.5 Å². The second-order valence-electron chi connectivity index (χ2n) is 5.12. The number of aryl methyl sites for hydroxylation is 1. The van der Waals surface area contributed by atoms with Gasteiger partial charge in [-0.05, 0) is 32.0 Å². The predicted octanol–water partition coefficient (Wildman–Crippen LogP) is 1.14. The number of nitrogens with zero attached hydrogens (tertiary/aromatic N) is 2. The van der Waals surface area contributed by atoms with E-state index in [1.165, 1.54) is 17.0 Å². The fourth-order valence-electron chi connectivity index (χ4n) is 1.88. The highest BCUT2D eigenvalue weighted by Crippen LogP contribution is 2.11. The third-order valence-corrected chi connectivity index (χ3v) is 3.03. The highest BCUT2D eigenvalue weighted by atomic mass is 16.5. The number of aromatic nitrogens is 2. The van der Waals surface area contributed by atoms with Gasteiger partial charge in [-0.2, -0.15) is 0 Å². The number of nitrogens with one attached hydrogen (secondary N) is 1. The van der Waals surface area contributed by atoms with Gasteiger partial charge in [0, 0.05) is 12.4 Å². The van der Waals surface area contributed by atoms with Gasteiger partial charge in [-0.3, -0.25) is 9.36 Å². The molecule has 0 aliphatic heterocycles. The van der Waals surface area contributed by atoms with Gasteiger partial charge in [-0.15, -0.1) is 0 Å². The standard InChI is InChI=1S/C16H19N3O3/c1-12-4-6-14(7-5-12)22-11-13(2)18-15(20)10-19-9-3-8-17-16(19)21/h3-9,13H,10-11H2,1-2H3,(H,18,20)/t13-/m1/s1. The first-order chi connectivity index (χ1) is 10.5. The van der Waals surface area contributed by atoms with Crippen LogP contribution in [0.5, 0.6) is 5.75 Å². The maximum Gasteiger partial charge on any atom is 0.347 e. The van der Waals surface area contributed by atoms with E-state index in [1.54, 1.807) is 6.07 Å². The third-order valence-electron chi connectivity index (χ3n) is 3.03. The highest BCUT2D eigenvalue weighted by Gasteiger charge is 2.09. The lowest BCUT2D eigenvalue weighted by atomic mass is 10.2. The van der Waals surface area contributed by atoms with E-state index in [2.05, 4.69) is 10.3 Å². The van der Waals surface area contributed by atoms with Gasteiger partial charge in [0.25, 0.3) is 0 Å². The molecular weight excluding hydrogens is 282 g/mol. The van der Waals surface area contributed by atoms with E-state index in [-0.39, 0.29) is 18.5 Å². The first-order valence-electron chi connectivity index (χ1n) is 7.05. The Morgan fingerprint density at radius 1 is 1.36 bits per heavy atom. The summed E-state index contributed by atoms with van der Waals surface area (Å²) in [6.07, 6.45) is 2.93. The molecule has 2 rings (SSSR count). The molecule has 2 aromatic rings. The molecule has 0 saturated heterocycles. The maximum atomic E-state index is 11.9. The molecule has 0 aliphatic rings. The van der Waals surface area contributed by atoms with E-state index in [1.807, 2.05) is 38.1 Å². The van der Waals surface area contributed by atoms with Crippen LogP contribution in [-0.4, -0.2) is 28.1 Å². The van der Waals surface area contributed by atoms with Crippen molar-refractivity contribution < 1.29 is 9.53 Å². The lowest BCUT2D eigenvalue weighted by Crippen LogP contribution is -2.40. The third kappa shape index (κ3) is 4.73. The summed E-state index contributed by atoms with van der Waals surface area (Å²) in [5, 5.41) is 2.79. The zero-order valence-electron chi connectivity index (χ0n) is 12.7. The average Bonchev–Trinajstić information content (AvgIpc) is 2.49. The van der Waals surface area contributed by atoms with Crippen LogP contribution in [0.4, 0.5) is 0 Å². The molecule has 1 aromatic heterocycles. The summed E-state index contributed by atoms with van der Waals surface area (Å²) in [6.45, 7) is 4.16. The number of ether oxygens (including phenoxy) is 1. The van der Waals surface area contributed by atoms with Crippen molar-refractivity contribution in [2.75, 3.05) is 6.61 Å². The monoisotopic (exact) mass is 301 g/mol. The minimum absolute atomic E-state index is 0.0540. The van der Waals surface area contributed by atoms with E-state index in [0.29, 0.717) is 6.61 Å². The topological polar surface area (TPSA) is 73.2 Å². The number of rotatable bonds is 6. The maximum absolute atomic E-state index is 11.9. The van der Waals surface area contributed by atoms with E-state index in [4.69, 9.17) is 4.74 Å². The molecule has 0 bridgehead atoms. The van der Waals surface area contributed by atoms with Gasteiger partial charge in [0.2, 0.25) is 5.91 Å². The predicted molar refractivity (Wildman–Crippen MR) is 82.8 cm³/mol. The molecule has 0 aliphatic carbocycles. The van der Waals surface area contributed by atoms with Crippen molar-refractivity contribution in [2.45, 2.75) is 26.4 Å². The summed E-state index contributed by atoms with van der Waals surface area (Å²) >= 11 is 0. The molecule has 6 heteroatoms. The average molecular weight is 301 g/mol. The smallest absolute Gasteiger partial charge is 0.347 e. The van der Waals surface area contributed by atoms with Gasteiger partial charge in [0.1, 0.15) is 18.9 Å². The lowest BCUT2D eigenvalue weighted by molar-refractivity contribution is -0.122. The van der Waals surface area contributed by atoms with Crippen LogP contribution < -0.4 is 15.7 Å². The molecule has 6 nitrogen and oxygen atoms in total. The Bertz CT molecular complexity index is 680. The van der Waals surface area contributed by atoms with Crippen molar-refractivity contribution >= 4 is 5.91 Å². The van der Waals surface area contributed by atoms with Crippen LogP contribution in [-0.2, 0) is 11.3 Å². The van der Waals surface area contributed by atoms with Gasteiger partial charge < -0.3 is 10.1 Å². The van der Waals surface area contributed by atoms with E-state index in [9.17, 15) is 9.59 Å². The van der Waals surface area contributed by atoms with Crippen molar-refractivity contribution in [2.24, 2.45) is 0 Å². The van der Waals surface area contributed by atoms with Gasteiger partial charge in [0.05, 0.1) is 6.04 Å². The fourth-order valence-corrected chi connectivity index (χ4v) is 1.88. The Morgan fingerprint density at radius 2 is 2.09 bits per heavy atom. The SMILES string of the molecule is Cc1ccc(OC[C@@H](C)NC(=O)Cn2cccnc2=O)cc1. The molecular formula is C16H19N3O3. The Labute approximate surface area is 128 Å². The molecule has 22 heavy (non-hydrogen) atoms. The van der Waals surface area contributed by atoms with E-state index < -0.39 is 5.69 Å². The molecule has 1 heterocycles. The van der Waals surface area contributed by atoms with Gasteiger partial charge in [-0.1, -0.05) is 17.7 Å². The van der Waals surface area contributed by atoms with Crippen molar-refractivity contribution in [1.29, 1.82) is 0 Å². The first kappa shape index (κ1) is 15.8. The first-order valence-corrected chi connectivity index (χ1v) is 7.05. The van der Waals surface area contributed by atoms with Crippen LogP contribution in [0.2, 0.25) is 0 Å². The molecule has 0 spiro atoms. The fraction of sp³-hybridized carbons (Fsp3) is 0.312.